The molecule has 1 heterocycles. The van der Waals surface area contributed by atoms with E-state index in [2.05, 4.69) is 40.0 Å². The zero-order valence-corrected chi connectivity index (χ0v) is 11.3. The highest BCUT2D eigenvalue weighted by Crippen LogP contribution is 2.33. The van der Waals surface area contributed by atoms with Crippen molar-refractivity contribution in [2.75, 3.05) is 0 Å². The molecule has 1 fully saturated rings. The van der Waals surface area contributed by atoms with E-state index in [0.717, 1.165) is 28.6 Å². The van der Waals surface area contributed by atoms with Gasteiger partial charge in [-0.25, -0.2) is 0 Å². The van der Waals surface area contributed by atoms with Crippen LogP contribution < -0.4 is 4.74 Å². The minimum absolute atomic E-state index is 0.330. The zero-order valence-electron chi connectivity index (χ0n) is 8.94. The molecule has 0 radical (unpaired) electrons. The van der Waals surface area contributed by atoms with E-state index in [-0.39, 0.29) is 0 Å². The summed E-state index contributed by atoms with van der Waals surface area (Å²) in [6.45, 7) is 4.62. The smallest absolute Gasteiger partial charge is 0.295 e. The van der Waals surface area contributed by atoms with Gasteiger partial charge in [0.1, 0.15) is 6.10 Å². The third-order valence-electron chi connectivity index (χ3n) is 3.20. The fourth-order valence-corrected chi connectivity index (χ4v) is 2.97. The molecule has 0 amide bonds. The first-order chi connectivity index (χ1) is 7.15. The van der Waals surface area contributed by atoms with Gasteiger partial charge in [-0.2, -0.15) is 0 Å². The van der Waals surface area contributed by atoms with Crippen LogP contribution in [0.3, 0.4) is 0 Å². The number of rotatable bonds is 2. The van der Waals surface area contributed by atoms with Crippen LogP contribution in [0.5, 0.6) is 5.19 Å². The van der Waals surface area contributed by atoms with Crippen LogP contribution in [0.15, 0.2) is 3.92 Å². The molecule has 1 aromatic rings. The summed E-state index contributed by atoms with van der Waals surface area (Å²) in [5.74, 6) is 1.58. The van der Waals surface area contributed by atoms with Crippen LogP contribution in [-0.4, -0.2) is 16.3 Å². The summed E-state index contributed by atoms with van der Waals surface area (Å²) in [4.78, 5) is 0. The van der Waals surface area contributed by atoms with E-state index in [4.69, 9.17) is 4.74 Å². The molecule has 0 aromatic carbocycles. The topological polar surface area (TPSA) is 35.0 Å². The number of aromatic nitrogens is 2. The molecule has 3 nitrogen and oxygen atoms in total. The lowest BCUT2D eigenvalue weighted by Crippen LogP contribution is -2.28. The van der Waals surface area contributed by atoms with E-state index in [1.807, 2.05) is 0 Å². The fraction of sp³-hybridized carbons (Fsp3) is 0.800. The van der Waals surface area contributed by atoms with Crippen molar-refractivity contribution in [2.45, 2.75) is 39.2 Å². The average molecular weight is 291 g/mol. The minimum atomic E-state index is 0.330. The zero-order chi connectivity index (χ0) is 10.8. The summed E-state index contributed by atoms with van der Waals surface area (Å²) < 4.78 is 6.60. The van der Waals surface area contributed by atoms with Gasteiger partial charge in [-0.1, -0.05) is 18.9 Å². The molecule has 0 spiro atoms. The molecule has 2 rings (SSSR count). The highest BCUT2D eigenvalue weighted by atomic mass is 79.9. The Morgan fingerprint density at radius 3 is 2.67 bits per heavy atom. The summed E-state index contributed by atoms with van der Waals surface area (Å²) in [7, 11) is 0. The van der Waals surface area contributed by atoms with Gasteiger partial charge in [0, 0.05) is 0 Å². The maximum Gasteiger partial charge on any atom is 0.295 e. The standard InChI is InChI=1S/C10H15BrN2OS/c1-6-3-4-8(5-7(6)2)14-10-13-12-9(11)15-10/h6-8H,3-5H2,1-2H3. The van der Waals surface area contributed by atoms with E-state index < -0.39 is 0 Å². The maximum absolute atomic E-state index is 5.81. The monoisotopic (exact) mass is 290 g/mol. The minimum Gasteiger partial charge on any atom is -0.466 e. The van der Waals surface area contributed by atoms with Crippen LogP contribution in [0.4, 0.5) is 0 Å². The van der Waals surface area contributed by atoms with Crippen LogP contribution in [0.1, 0.15) is 33.1 Å². The van der Waals surface area contributed by atoms with Gasteiger partial charge in [0.15, 0.2) is 3.92 Å². The van der Waals surface area contributed by atoms with Gasteiger partial charge < -0.3 is 4.74 Å². The lowest BCUT2D eigenvalue weighted by molar-refractivity contribution is 0.0996. The SMILES string of the molecule is CC1CCC(Oc2nnc(Br)s2)CC1C. The van der Waals surface area contributed by atoms with Crippen LogP contribution in [0.2, 0.25) is 0 Å². The molecule has 0 saturated heterocycles. The van der Waals surface area contributed by atoms with E-state index in [9.17, 15) is 0 Å². The Balaban J connectivity index is 1.90. The molecule has 3 atom stereocenters. The Kier molecular flexibility index (Phi) is 3.61. The van der Waals surface area contributed by atoms with Gasteiger partial charge in [-0.3, -0.25) is 0 Å². The maximum atomic E-state index is 5.81. The van der Waals surface area contributed by atoms with Crippen molar-refractivity contribution < 1.29 is 4.74 Å². The fourth-order valence-electron chi connectivity index (χ4n) is 1.99. The van der Waals surface area contributed by atoms with E-state index in [0.29, 0.717) is 11.3 Å². The Morgan fingerprint density at radius 2 is 2.07 bits per heavy atom. The first kappa shape index (κ1) is 11.3. The summed E-state index contributed by atoms with van der Waals surface area (Å²) in [5, 5.41) is 8.52. The van der Waals surface area contributed by atoms with E-state index in [1.165, 1.54) is 17.8 Å². The average Bonchev–Trinajstić information content (AvgIpc) is 2.58. The molecular formula is C10H15BrN2OS. The summed E-state index contributed by atoms with van der Waals surface area (Å²) in [6.07, 6.45) is 3.86. The van der Waals surface area contributed by atoms with Crippen molar-refractivity contribution in [3.05, 3.63) is 3.92 Å². The Morgan fingerprint density at radius 1 is 1.27 bits per heavy atom. The van der Waals surface area contributed by atoms with Crippen LogP contribution in [0, 0.1) is 11.8 Å². The van der Waals surface area contributed by atoms with Crippen molar-refractivity contribution in [1.29, 1.82) is 0 Å². The van der Waals surface area contributed by atoms with Gasteiger partial charge in [0.05, 0.1) is 0 Å². The first-order valence-corrected chi connectivity index (χ1v) is 6.91. The molecular weight excluding hydrogens is 276 g/mol. The van der Waals surface area contributed by atoms with Gasteiger partial charge >= 0.3 is 0 Å². The second kappa shape index (κ2) is 4.78. The third kappa shape index (κ3) is 2.91. The van der Waals surface area contributed by atoms with Gasteiger partial charge in [-0.05, 0) is 58.4 Å². The Labute approximate surface area is 102 Å². The lowest BCUT2D eigenvalue weighted by atomic mass is 9.80. The molecule has 5 heteroatoms. The first-order valence-electron chi connectivity index (χ1n) is 5.31. The quantitative estimate of drug-likeness (QED) is 0.836. The van der Waals surface area contributed by atoms with E-state index in [1.54, 1.807) is 0 Å². The molecule has 1 aromatic heterocycles. The van der Waals surface area contributed by atoms with Crippen LogP contribution >= 0.6 is 27.3 Å². The second-order valence-electron chi connectivity index (χ2n) is 4.33. The molecule has 15 heavy (non-hydrogen) atoms. The van der Waals surface area contributed by atoms with Gasteiger partial charge in [-0.15, -0.1) is 5.10 Å². The second-order valence-corrected chi connectivity index (χ2v) is 6.54. The predicted molar refractivity (Wildman–Crippen MR) is 64.2 cm³/mol. The van der Waals surface area contributed by atoms with Crippen molar-refractivity contribution in [3.8, 4) is 5.19 Å². The highest BCUT2D eigenvalue weighted by Gasteiger charge is 2.26. The number of nitrogens with zero attached hydrogens (tertiary/aromatic N) is 2. The summed E-state index contributed by atoms with van der Waals surface area (Å²) in [5.41, 5.74) is 0. The summed E-state index contributed by atoms with van der Waals surface area (Å²) >= 11 is 4.74. The molecule has 1 aliphatic carbocycles. The molecule has 0 bridgehead atoms. The van der Waals surface area contributed by atoms with Crippen molar-refractivity contribution >= 4 is 27.3 Å². The lowest BCUT2D eigenvalue weighted by Gasteiger charge is -2.31. The molecule has 1 saturated carbocycles. The van der Waals surface area contributed by atoms with Gasteiger partial charge in [0.2, 0.25) is 0 Å². The molecule has 1 aliphatic rings. The largest absolute Gasteiger partial charge is 0.466 e. The molecule has 3 unspecified atom stereocenters. The van der Waals surface area contributed by atoms with Crippen molar-refractivity contribution in [2.24, 2.45) is 11.8 Å². The molecule has 0 N–H and O–H groups in total. The summed E-state index contributed by atoms with van der Waals surface area (Å²) in [6, 6.07) is 0. The van der Waals surface area contributed by atoms with E-state index >= 15 is 0 Å². The molecule has 0 aliphatic heterocycles. The normalized spacial score (nSPS) is 31.5. The van der Waals surface area contributed by atoms with Crippen LogP contribution in [0.25, 0.3) is 0 Å². The van der Waals surface area contributed by atoms with Crippen molar-refractivity contribution in [3.63, 3.8) is 0 Å². The number of ether oxygens (including phenoxy) is 1. The Hall–Kier alpha value is -0.160. The highest BCUT2D eigenvalue weighted by molar-refractivity contribution is 9.11. The Bertz CT molecular complexity index is 331. The number of halogens is 1. The number of hydrogen-bond acceptors (Lipinski definition) is 4. The predicted octanol–water partition coefficient (Wildman–Crippen LogP) is 3.50. The van der Waals surface area contributed by atoms with Crippen molar-refractivity contribution in [1.82, 2.24) is 10.2 Å². The number of hydrogen-bond donors (Lipinski definition) is 0. The third-order valence-corrected chi connectivity index (χ3v) is 4.45. The van der Waals surface area contributed by atoms with Gasteiger partial charge in [0.25, 0.3) is 5.19 Å². The molecule has 84 valence electrons. The van der Waals surface area contributed by atoms with Crippen LogP contribution in [-0.2, 0) is 0 Å².